The van der Waals surface area contributed by atoms with Crippen LogP contribution in [-0.4, -0.2) is 48.2 Å². The van der Waals surface area contributed by atoms with Gasteiger partial charge in [-0.15, -0.1) is 0 Å². The number of hydrogen-bond donors (Lipinski definition) is 2. The molecule has 0 aromatic heterocycles. The van der Waals surface area contributed by atoms with E-state index in [1.165, 1.54) is 0 Å². The predicted molar refractivity (Wildman–Crippen MR) is 152 cm³/mol. The van der Waals surface area contributed by atoms with Gasteiger partial charge >= 0.3 is 0 Å². The van der Waals surface area contributed by atoms with E-state index in [-0.39, 0.29) is 29.2 Å². The maximum absolute atomic E-state index is 13.5. The van der Waals surface area contributed by atoms with Crippen LogP contribution < -0.4 is 24.4 Å². The Morgan fingerprint density at radius 2 is 1.69 bits per heavy atom. The highest BCUT2D eigenvalue weighted by molar-refractivity contribution is 7.89. The van der Waals surface area contributed by atoms with Crippen molar-refractivity contribution in [3.63, 3.8) is 0 Å². The number of nitrogens with one attached hydrogen (secondary N) is 2. The molecule has 1 unspecified atom stereocenters. The van der Waals surface area contributed by atoms with Crippen molar-refractivity contribution in [2.24, 2.45) is 5.92 Å². The lowest BCUT2D eigenvalue weighted by Crippen LogP contribution is -2.29. The van der Waals surface area contributed by atoms with Crippen LogP contribution in [0.5, 0.6) is 11.5 Å². The highest BCUT2D eigenvalue weighted by Gasteiger charge is 2.43. The Morgan fingerprint density at radius 3 is 2.41 bits per heavy atom. The number of sulfonamides is 1. The van der Waals surface area contributed by atoms with E-state index in [0.29, 0.717) is 29.3 Å². The van der Waals surface area contributed by atoms with Gasteiger partial charge in [0.05, 0.1) is 19.9 Å². The van der Waals surface area contributed by atoms with Gasteiger partial charge in [0.1, 0.15) is 4.90 Å². The Balaban J connectivity index is 1.30. The summed E-state index contributed by atoms with van der Waals surface area (Å²) in [6.07, 6.45) is 3.32. The summed E-state index contributed by atoms with van der Waals surface area (Å²) >= 11 is 0. The van der Waals surface area contributed by atoms with Crippen LogP contribution in [0.4, 0.5) is 11.4 Å². The van der Waals surface area contributed by atoms with Crippen LogP contribution in [0.25, 0.3) is 0 Å². The Labute approximate surface area is 230 Å². The van der Waals surface area contributed by atoms with Crippen LogP contribution in [0.3, 0.4) is 0 Å². The summed E-state index contributed by atoms with van der Waals surface area (Å²) in [7, 11) is -0.696. The molecule has 2 aliphatic rings. The average molecular weight is 550 g/mol. The average Bonchev–Trinajstić information content (AvgIpc) is 3.58. The van der Waals surface area contributed by atoms with Gasteiger partial charge in [-0.25, -0.2) is 13.1 Å². The maximum Gasteiger partial charge on any atom is 0.242 e. The van der Waals surface area contributed by atoms with Crippen molar-refractivity contribution < 1.29 is 22.7 Å². The summed E-state index contributed by atoms with van der Waals surface area (Å²) in [6.45, 7) is 1.83. The third-order valence-electron chi connectivity index (χ3n) is 7.47. The number of nitrogens with zero attached hydrogens (tertiary/aromatic N) is 1. The smallest absolute Gasteiger partial charge is 0.242 e. The molecule has 2 N–H and O–H groups in total. The SMILES string of the molecule is COc1ccc(CCNS(=O)(=O)c2cc(NC(=O)C3C[C@H]3c3ccccc3)ccc2N2CCCC2)cc1OC. The molecule has 1 saturated carbocycles. The standard InChI is InChI=1S/C30H35N3O5S/c1-37-27-13-10-21(18-28(27)38-2)14-15-31-39(35,36)29-19-23(11-12-26(29)33-16-6-7-17-33)32-30(34)25-20-24(25)22-8-4-3-5-9-22/h3-5,8-13,18-19,24-25,31H,6-7,14-17,20H2,1-2H3,(H,32,34)/t24-,25?/m0/s1. The van der Waals surface area contributed by atoms with Crippen LogP contribution in [-0.2, 0) is 21.2 Å². The highest BCUT2D eigenvalue weighted by atomic mass is 32.2. The van der Waals surface area contributed by atoms with Crippen molar-refractivity contribution in [2.75, 3.05) is 44.1 Å². The number of benzene rings is 3. The molecule has 3 aromatic rings. The Bertz CT molecular complexity index is 1420. The topological polar surface area (TPSA) is 97.0 Å². The van der Waals surface area contributed by atoms with Gasteiger partial charge in [0.25, 0.3) is 0 Å². The molecule has 1 aliphatic carbocycles. The second-order valence-corrected chi connectivity index (χ2v) is 11.8. The molecule has 1 amide bonds. The number of rotatable bonds is 11. The number of carbonyl (C=O) groups excluding carboxylic acids is 1. The van der Waals surface area contributed by atoms with E-state index in [1.54, 1.807) is 26.4 Å². The number of carbonyl (C=O) groups is 1. The van der Waals surface area contributed by atoms with Crippen molar-refractivity contribution >= 4 is 27.3 Å². The molecular formula is C30H35N3O5S. The number of hydrogen-bond acceptors (Lipinski definition) is 6. The van der Waals surface area contributed by atoms with Crippen LogP contribution >= 0.6 is 0 Å². The molecule has 9 heteroatoms. The number of methoxy groups -OCH3 is 2. The summed E-state index contributed by atoms with van der Waals surface area (Å²) in [5.74, 6) is 1.24. The van der Waals surface area contributed by atoms with Crippen molar-refractivity contribution in [1.29, 1.82) is 0 Å². The fourth-order valence-corrected chi connectivity index (χ4v) is 6.54. The first-order chi connectivity index (χ1) is 18.9. The van der Waals surface area contributed by atoms with Gasteiger partial charge in [-0.1, -0.05) is 36.4 Å². The van der Waals surface area contributed by atoms with Crippen molar-refractivity contribution in [1.82, 2.24) is 4.72 Å². The normalized spacial score (nSPS) is 18.6. The van der Waals surface area contributed by atoms with Gasteiger partial charge in [0.15, 0.2) is 11.5 Å². The Hall–Kier alpha value is -3.56. The molecule has 2 fully saturated rings. The van der Waals surface area contributed by atoms with Crippen LogP contribution in [0.1, 0.15) is 36.3 Å². The quantitative estimate of drug-likeness (QED) is 0.364. The molecule has 3 aromatic carbocycles. The first-order valence-electron chi connectivity index (χ1n) is 13.3. The second-order valence-electron chi connectivity index (χ2n) is 10.1. The Morgan fingerprint density at radius 1 is 0.949 bits per heavy atom. The van der Waals surface area contributed by atoms with Crippen LogP contribution in [0.2, 0.25) is 0 Å². The van der Waals surface area contributed by atoms with Gasteiger partial charge in [-0.05, 0) is 73.1 Å². The molecule has 206 valence electrons. The molecule has 1 saturated heterocycles. The second kappa shape index (κ2) is 11.7. The third kappa shape index (κ3) is 6.20. The number of ether oxygens (including phenoxy) is 2. The van der Waals surface area contributed by atoms with Crippen LogP contribution in [0, 0.1) is 5.92 Å². The summed E-state index contributed by atoms with van der Waals surface area (Å²) in [5.41, 5.74) is 3.23. The molecule has 1 aliphatic heterocycles. The molecule has 0 radical (unpaired) electrons. The number of amides is 1. The third-order valence-corrected chi connectivity index (χ3v) is 8.96. The monoisotopic (exact) mass is 549 g/mol. The zero-order valence-electron chi connectivity index (χ0n) is 22.4. The predicted octanol–water partition coefficient (Wildman–Crippen LogP) is 4.57. The minimum Gasteiger partial charge on any atom is -0.493 e. The van der Waals surface area contributed by atoms with E-state index < -0.39 is 10.0 Å². The van der Waals surface area contributed by atoms with E-state index in [2.05, 4.69) is 14.9 Å². The van der Waals surface area contributed by atoms with Crippen LogP contribution in [0.15, 0.2) is 71.6 Å². The fourth-order valence-electron chi connectivity index (χ4n) is 5.26. The molecule has 2 atom stereocenters. The van der Waals surface area contributed by atoms with Crippen molar-refractivity contribution in [2.45, 2.75) is 36.5 Å². The molecule has 1 heterocycles. The van der Waals surface area contributed by atoms with E-state index >= 15 is 0 Å². The lowest BCUT2D eigenvalue weighted by atomic mass is 10.1. The summed E-state index contributed by atoms with van der Waals surface area (Å²) in [4.78, 5) is 15.3. The van der Waals surface area contributed by atoms with Gasteiger partial charge < -0.3 is 19.7 Å². The number of anilines is 2. The molecule has 8 nitrogen and oxygen atoms in total. The van der Waals surface area contributed by atoms with E-state index in [0.717, 1.165) is 43.5 Å². The fraction of sp³-hybridized carbons (Fsp3) is 0.367. The zero-order valence-corrected chi connectivity index (χ0v) is 23.2. The maximum atomic E-state index is 13.5. The first kappa shape index (κ1) is 27.0. The minimum atomic E-state index is -3.84. The zero-order chi connectivity index (χ0) is 27.4. The largest absolute Gasteiger partial charge is 0.493 e. The first-order valence-corrected chi connectivity index (χ1v) is 14.8. The summed E-state index contributed by atoms with van der Waals surface area (Å²) in [6, 6.07) is 20.8. The van der Waals surface area contributed by atoms with Gasteiger partial charge in [-0.3, -0.25) is 4.79 Å². The molecule has 0 spiro atoms. The summed E-state index contributed by atoms with van der Waals surface area (Å²) in [5, 5.41) is 2.96. The van der Waals surface area contributed by atoms with E-state index in [1.807, 2.05) is 54.6 Å². The van der Waals surface area contributed by atoms with Crippen molar-refractivity contribution in [3.8, 4) is 11.5 Å². The Kier molecular flexibility index (Phi) is 8.09. The summed E-state index contributed by atoms with van der Waals surface area (Å²) < 4.78 is 40.5. The lowest BCUT2D eigenvalue weighted by Gasteiger charge is -2.22. The van der Waals surface area contributed by atoms with E-state index in [9.17, 15) is 13.2 Å². The molecule has 5 rings (SSSR count). The molecule has 0 bridgehead atoms. The van der Waals surface area contributed by atoms with E-state index in [4.69, 9.17) is 9.47 Å². The minimum absolute atomic E-state index is 0.0810. The van der Waals surface area contributed by atoms with Gasteiger partial charge in [0, 0.05) is 31.2 Å². The van der Waals surface area contributed by atoms with Crippen molar-refractivity contribution in [3.05, 3.63) is 77.9 Å². The molecule has 39 heavy (non-hydrogen) atoms. The van der Waals surface area contributed by atoms with Gasteiger partial charge in [-0.2, -0.15) is 0 Å². The highest BCUT2D eigenvalue weighted by Crippen LogP contribution is 2.48. The lowest BCUT2D eigenvalue weighted by molar-refractivity contribution is -0.117. The molecular weight excluding hydrogens is 514 g/mol. The van der Waals surface area contributed by atoms with Gasteiger partial charge in [0.2, 0.25) is 15.9 Å².